The summed E-state index contributed by atoms with van der Waals surface area (Å²) in [5.41, 5.74) is 1.66. The van der Waals surface area contributed by atoms with Crippen molar-refractivity contribution in [3.8, 4) is 11.4 Å². The van der Waals surface area contributed by atoms with Crippen molar-refractivity contribution < 1.29 is 4.79 Å². The average molecular weight is 351 g/mol. The third-order valence-electron chi connectivity index (χ3n) is 3.90. The van der Waals surface area contributed by atoms with Crippen LogP contribution < -0.4 is 5.32 Å². The molecule has 0 bridgehead atoms. The minimum Gasteiger partial charge on any atom is -0.325 e. The molecular weight excluding hydrogens is 334 g/mol. The van der Waals surface area contributed by atoms with E-state index in [1.165, 1.54) is 11.8 Å². The maximum Gasteiger partial charge on any atom is 0.234 e. The van der Waals surface area contributed by atoms with E-state index in [4.69, 9.17) is 0 Å². The first kappa shape index (κ1) is 15.8. The zero-order valence-corrected chi connectivity index (χ0v) is 14.3. The number of hydrogen-bond donors (Lipinski definition) is 1. The molecule has 0 aliphatic heterocycles. The summed E-state index contributed by atoms with van der Waals surface area (Å²) < 4.78 is 1.87. The molecule has 1 heterocycles. The van der Waals surface area contributed by atoms with Gasteiger partial charge in [0.25, 0.3) is 0 Å². The molecule has 3 aromatic rings. The van der Waals surface area contributed by atoms with E-state index in [-0.39, 0.29) is 5.91 Å². The van der Waals surface area contributed by atoms with Gasteiger partial charge in [-0.05, 0) is 47.5 Å². The predicted octanol–water partition coefficient (Wildman–Crippen LogP) is 3.41. The van der Waals surface area contributed by atoms with Crippen LogP contribution in [-0.4, -0.2) is 31.9 Å². The highest BCUT2D eigenvalue weighted by atomic mass is 32.2. The number of carbonyl (C=O) groups is 1. The molecule has 0 unspecified atom stereocenters. The molecular formula is C18H17N5OS. The molecule has 1 saturated carbocycles. The van der Waals surface area contributed by atoms with Crippen LogP contribution in [0.3, 0.4) is 0 Å². The van der Waals surface area contributed by atoms with Gasteiger partial charge in [-0.1, -0.05) is 30.3 Å². The fourth-order valence-electron chi connectivity index (χ4n) is 2.55. The highest BCUT2D eigenvalue weighted by Crippen LogP contribution is 2.36. The van der Waals surface area contributed by atoms with Crippen LogP contribution in [0.15, 0.2) is 59.5 Å². The minimum atomic E-state index is -0.0345. The van der Waals surface area contributed by atoms with Crippen LogP contribution in [0.25, 0.3) is 11.4 Å². The van der Waals surface area contributed by atoms with Crippen LogP contribution in [0, 0.1) is 0 Å². The van der Waals surface area contributed by atoms with Gasteiger partial charge in [-0.25, -0.2) is 4.68 Å². The summed E-state index contributed by atoms with van der Waals surface area (Å²) in [7, 11) is 0. The maximum atomic E-state index is 12.2. The highest BCUT2D eigenvalue weighted by Gasteiger charge is 2.28. The molecule has 6 nitrogen and oxygen atoms in total. The summed E-state index contributed by atoms with van der Waals surface area (Å²) >= 11 is 1.52. The first-order valence-corrected chi connectivity index (χ1v) is 9.14. The number of nitrogens with zero attached hydrogens (tertiary/aromatic N) is 4. The Kier molecular flexibility index (Phi) is 4.47. The van der Waals surface area contributed by atoms with Crippen LogP contribution in [-0.2, 0) is 4.79 Å². The summed E-state index contributed by atoms with van der Waals surface area (Å²) in [5.74, 6) is 1.08. The van der Waals surface area contributed by atoms with Gasteiger partial charge in [0.15, 0.2) is 5.82 Å². The molecule has 2 aromatic carbocycles. The third kappa shape index (κ3) is 3.88. The smallest absolute Gasteiger partial charge is 0.234 e. The molecule has 1 aromatic heterocycles. The number of rotatable bonds is 6. The monoisotopic (exact) mass is 351 g/mol. The molecule has 0 spiro atoms. The topological polar surface area (TPSA) is 72.7 Å². The molecule has 0 radical (unpaired) electrons. The maximum absolute atomic E-state index is 12.2. The molecule has 126 valence electrons. The van der Waals surface area contributed by atoms with E-state index in [2.05, 4.69) is 20.8 Å². The fraction of sp³-hybridized carbons (Fsp3) is 0.222. The molecule has 7 heteroatoms. The van der Waals surface area contributed by atoms with Gasteiger partial charge in [-0.2, -0.15) is 0 Å². The number of benzene rings is 2. The Bertz CT molecular complexity index is 876. The number of nitrogens with one attached hydrogen (secondary N) is 1. The van der Waals surface area contributed by atoms with Gasteiger partial charge in [0.2, 0.25) is 5.91 Å². The van der Waals surface area contributed by atoms with Crippen molar-refractivity contribution in [2.24, 2.45) is 0 Å². The summed E-state index contributed by atoms with van der Waals surface area (Å²) in [4.78, 5) is 13.3. The van der Waals surface area contributed by atoms with E-state index in [0.29, 0.717) is 11.8 Å². The molecule has 1 aliphatic rings. The lowest BCUT2D eigenvalue weighted by Crippen LogP contribution is -2.14. The lowest BCUT2D eigenvalue weighted by Gasteiger charge is -2.08. The van der Waals surface area contributed by atoms with Crippen molar-refractivity contribution in [1.82, 2.24) is 20.2 Å². The highest BCUT2D eigenvalue weighted by molar-refractivity contribution is 8.00. The SMILES string of the molecule is O=C(CSc1ccccc1)Nc1cccc(-c2nnnn2C2CC2)c1. The third-order valence-corrected chi connectivity index (χ3v) is 4.92. The van der Waals surface area contributed by atoms with Gasteiger partial charge in [0, 0.05) is 16.1 Å². The van der Waals surface area contributed by atoms with Crippen LogP contribution in [0.5, 0.6) is 0 Å². The summed E-state index contributed by atoms with van der Waals surface area (Å²) in [6.45, 7) is 0. The zero-order valence-electron chi connectivity index (χ0n) is 13.5. The second kappa shape index (κ2) is 7.06. The molecule has 1 fully saturated rings. The van der Waals surface area contributed by atoms with Crippen LogP contribution >= 0.6 is 11.8 Å². The molecule has 4 rings (SSSR count). The van der Waals surface area contributed by atoms with Crippen molar-refractivity contribution in [2.75, 3.05) is 11.1 Å². The van der Waals surface area contributed by atoms with Crippen molar-refractivity contribution in [3.63, 3.8) is 0 Å². The largest absolute Gasteiger partial charge is 0.325 e. The van der Waals surface area contributed by atoms with E-state index in [9.17, 15) is 4.79 Å². The van der Waals surface area contributed by atoms with Crippen molar-refractivity contribution in [3.05, 3.63) is 54.6 Å². The number of anilines is 1. The normalized spacial score (nSPS) is 13.6. The minimum absolute atomic E-state index is 0.0345. The first-order chi connectivity index (χ1) is 12.3. The van der Waals surface area contributed by atoms with Gasteiger partial charge in [-0.3, -0.25) is 4.79 Å². The van der Waals surface area contributed by atoms with E-state index < -0.39 is 0 Å². The average Bonchev–Trinajstić information content (AvgIpc) is 3.37. The first-order valence-electron chi connectivity index (χ1n) is 8.15. The summed E-state index contributed by atoms with van der Waals surface area (Å²) in [5, 5.41) is 14.9. The lowest BCUT2D eigenvalue weighted by molar-refractivity contribution is -0.113. The van der Waals surface area contributed by atoms with E-state index in [1.54, 1.807) is 0 Å². The Morgan fingerprint density at radius 3 is 2.80 bits per heavy atom. The standard InChI is InChI=1S/C18H17N5OS/c24-17(12-25-16-7-2-1-3-8-16)19-14-6-4-5-13(11-14)18-20-21-22-23(18)15-9-10-15/h1-8,11,15H,9-10,12H2,(H,19,24). The number of hydrogen-bond acceptors (Lipinski definition) is 5. The second-order valence-electron chi connectivity index (χ2n) is 5.91. The second-order valence-corrected chi connectivity index (χ2v) is 6.96. The van der Waals surface area contributed by atoms with Crippen molar-refractivity contribution >= 4 is 23.4 Å². The van der Waals surface area contributed by atoms with Gasteiger partial charge in [0.05, 0.1) is 11.8 Å². The molecule has 1 aliphatic carbocycles. The Morgan fingerprint density at radius 2 is 2.00 bits per heavy atom. The van der Waals surface area contributed by atoms with E-state index >= 15 is 0 Å². The number of amides is 1. The predicted molar refractivity (Wildman–Crippen MR) is 97.3 cm³/mol. The number of carbonyl (C=O) groups excluding carboxylic acids is 1. The van der Waals surface area contributed by atoms with Crippen molar-refractivity contribution in [1.29, 1.82) is 0 Å². The van der Waals surface area contributed by atoms with E-state index in [0.717, 1.165) is 34.8 Å². The van der Waals surface area contributed by atoms with Gasteiger partial charge in [-0.15, -0.1) is 16.9 Å². The number of thioether (sulfide) groups is 1. The molecule has 1 N–H and O–H groups in total. The Hall–Kier alpha value is -2.67. The molecule has 0 saturated heterocycles. The summed E-state index contributed by atoms with van der Waals surface area (Å²) in [6.07, 6.45) is 2.23. The van der Waals surface area contributed by atoms with Crippen LogP contribution in [0.4, 0.5) is 5.69 Å². The van der Waals surface area contributed by atoms with E-state index in [1.807, 2.05) is 59.3 Å². The molecule has 1 amide bonds. The Morgan fingerprint density at radius 1 is 1.16 bits per heavy atom. The number of tetrazole rings is 1. The van der Waals surface area contributed by atoms with Gasteiger partial charge in [0.1, 0.15) is 0 Å². The van der Waals surface area contributed by atoms with Crippen molar-refractivity contribution in [2.45, 2.75) is 23.8 Å². The Balaban J connectivity index is 1.42. The van der Waals surface area contributed by atoms with Gasteiger partial charge >= 0.3 is 0 Å². The van der Waals surface area contributed by atoms with Crippen LogP contribution in [0.1, 0.15) is 18.9 Å². The summed E-state index contributed by atoms with van der Waals surface area (Å²) in [6, 6.07) is 17.9. The lowest BCUT2D eigenvalue weighted by atomic mass is 10.2. The molecule has 25 heavy (non-hydrogen) atoms. The number of aromatic nitrogens is 4. The fourth-order valence-corrected chi connectivity index (χ4v) is 3.27. The molecule has 0 atom stereocenters. The zero-order chi connectivity index (χ0) is 17.1. The van der Waals surface area contributed by atoms with Gasteiger partial charge < -0.3 is 5.32 Å². The van der Waals surface area contributed by atoms with Crippen LogP contribution in [0.2, 0.25) is 0 Å². The quantitative estimate of drug-likeness (QED) is 0.689. The Labute approximate surface area is 149 Å².